The molecule has 2 fully saturated rings. The number of ether oxygens (including phenoxy) is 1. The minimum atomic E-state index is 0.192. The Morgan fingerprint density at radius 3 is 2.71 bits per heavy atom. The molecule has 2 atom stereocenters. The molecule has 7 rings (SSSR count). The Kier molecular flexibility index (Phi) is 5.46. The fraction of sp³-hybridized carbons (Fsp3) is 0.500. The van der Waals surface area contributed by atoms with Crippen LogP contribution in [0.25, 0.3) is 22.3 Å². The normalized spacial score (nSPS) is 21.2. The van der Waals surface area contributed by atoms with Crippen molar-refractivity contribution in [2.45, 2.75) is 64.6 Å². The van der Waals surface area contributed by atoms with Crippen molar-refractivity contribution < 1.29 is 4.74 Å². The van der Waals surface area contributed by atoms with E-state index in [0.717, 1.165) is 81.1 Å². The summed E-state index contributed by atoms with van der Waals surface area (Å²) in [5.41, 5.74) is 7.48. The van der Waals surface area contributed by atoms with Crippen LogP contribution in [0.5, 0.6) is 0 Å². The first kappa shape index (κ1) is 23.9. The number of aromatic amines is 1. The number of benzene rings is 1. The number of aromatic nitrogens is 6. The summed E-state index contributed by atoms with van der Waals surface area (Å²) in [6.07, 6.45) is 3.36. The monoisotopic (exact) mass is 532 g/mol. The first-order valence-electron chi connectivity index (χ1n) is 13.5. The van der Waals surface area contributed by atoms with Crippen molar-refractivity contribution in [2.75, 3.05) is 30.0 Å². The molecule has 198 valence electrons. The SMILES string of the molecule is CO[C@H]1CN(c2nc(-c3c(C)ccc4n[nH]c(C)c34)nc3c2CN(c2c(Cl)c(C4CC4)nn2C)CC3)[C@@H]1C. The minimum absolute atomic E-state index is 0.192. The second kappa shape index (κ2) is 8.68. The van der Waals surface area contributed by atoms with Crippen LogP contribution in [0.15, 0.2) is 12.1 Å². The Balaban J connectivity index is 1.35. The van der Waals surface area contributed by atoms with Crippen molar-refractivity contribution in [3.8, 4) is 11.4 Å². The van der Waals surface area contributed by atoms with Gasteiger partial charge in [0.1, 0.15) is 16.7 Å². The van der Waals surface area contributed by atoms with E-state index in [1.54, 1.807) is 7.11 Å². The van der Waals surface area contributed by atoms with Crippen molar-refractivity contribution in [3.05, 3.63) is 45.4 Å². The van der Waals surface area contributed by atoms with Crippen molar-refractivity contribution in [2.24, 2.45) is 7.05 Å². The summed E-state index contributed by atoms with van der Waals surface area (Å²) in [6, 6.07) is 4.40. The molecule has 1 saturated heterocycles. The number of hydrogen-bond acceptors (Lipinski definition) is 7. The van der Waals surface area contributed by atoms with Crippen LogP contribution in [0.3, 0.4) is 0 Å². The number of H-pyrrole nitrogens is 1. The van der Waals surface area contributed by atoms with Gasteiger partial charge in [0, 0.05) is 68.3 Å². The fourth-order valence-electron chi connectivity index (χ4n) is 6.18. The summed E-state index contributed by atoms with van der Waals surface area (Å²) in [5.74, 6) is 3.26. The quantitative estimate of drug-likeness (QED) is 0.399. The van der Waals surface area contributed by atoms with Gasteiger partial charge in [0.25, 0.3) is 0 Å². The zero-order valence-corrected chi connectivity index (χ0v) is 23.3. The summed E-state index contributed by atoms with van der Waals surface area (Å²) in [5, 5.41) is 14.3. The third-order valence-electron chi connectivity index (χ3n) is 8.60. The summed E-state index contributed by atoms with van der Waals surface area (Å²) in [6.45, 7) is 8.73. The Morgan fingerprint density at radius 2 is 1.97 bits per heavy atom. The molecule has 9 nitrogen and oxygen atoms in total. The Morgan fingerprint density at radius 1 is 1.16 bits per heavy atom. The van der Waals surface area contributed by atoms with Crippen molar-refractivity contribution in [1.29, 1.82) is 0 Å². The first-order valence-corrected chi connectivity index (χ1v) is 13.8. The lowest BCUT2D eigenvalue weighted by Crippen LogP contribution is -2.60. The van der Waals surface area contributed by atoms with Gasteiger partial charge >= 0.3 is 0 Å². The highest BCUT2D eigenvalue weighted by atomic mass is 35.5. The predicted octanol–water partition coefficient (Wildman–Crippen LogP) is 4.69. The van der Waals surface area contributed by atoms with Crippen molar-refractivity contribution in [3.63, 3.8) is 0 Å². The van der Waals surface area contributed by atoms with E-state index < -0.39 is 0 Å². The van der Waals surface area contributed by atoms with Gasteiger partial charge in [0.15, 0.2) is 5.82 Å². The van der Waals surface area contributed by atoms with Crippen LogP contribution in [0.1, 0.15) is 53.9 Å². The largest absolute Gasteiger partial charge is 0.377 e. The molecule has 3 aromatic heterocycles. The highest BCUT2D eigenvalue weighted by Crippen LogP contribution is 2.46. The molecule has 10 heteroatoms. The van der Waals surface area contributed by atoms with Gasteiger partial charge in [0.2, 0.25) is 0 Å². The fourth-order valence-corrected chi connectivity index (χ4v) is 6.61. The van der Waals surface area contributed by atoms with E-state index in [0.29, 0.717) is 12.5 Å². The highest BCUT2D eigenvalue weighted by molar-refractivity contribution is 6.33. The molecule has 0 spiro atoms. The van der Waals surface area contributed by atoms with Gasteiger partial charge in [-0.15, -0.1) is 0 Å². The summed E-state index contributed by atoms with van der Waals surface area (Å²) in [7, 11) is 3.79. The lowest BCUT2D eigenvalue weighted by molar-refractivity contribution is 0.0453. The number of hydrogen-bond donors (Lipinski definition) is 1. The topological polar surface area (TPSA) is 88.0 Å². The third kappa shape index (κ3) is 3.55. The van der Waals surface area contributed by atoms with E-state index in [4.69, 9.17) is 31.4 Å². The summed E-state index contributed by atoms with van der Waals surface area (Å²) < 4.78 is 7.66. The van der Waals surface area contributed by atoms with Crippen LogP contribution in [-0.2, 0) is 24.8 Å². The molecule has 0 amide bonds. The molecule has 0 unspecified atom stereocenters. The maximum Gasteiger partial charge on any atom is 0.162 e. The third-order valence-corrected chi connectivity index (χ3v) is 8.97. The Hall–Kier alpha value is -3.17. The molecule has 2 aliphatic heterocycles. The van der Waals surface area contributed by atoms with Gasteiger partial charge < -0.3 is 14.5 Å². The number of fused-ring (bicyclic) bond motifs is 2. The number of nitrogens with one attached hydrogen (secondary N) is 1. The molecule has 0 bridgehead atoms. The molecule has 0 radical (unpaired) electrons. The standard InChI is InChI=1S/C28H33ClN8O/c1-14-6-9-20-23(15(2)32-33-20)22(14)26-30-19-10-11-36(28-24(29)25(17-7-8-17)34-35(28)4)12-18(19)27(31-26)37-13-21(38-5)16(37)3/h6,9,16-17,21H,7-8,10-13H2,1-5H3,(H,32,33)/t16-,21+/m1/s1. The van der Waals surface area contributed by atoms with Crippen LogP contribution >= 0.6 is 11.6 Å². The molecule has 38 heavy (non-hydrogen) atoms. The number of aryl methyl sites for hydroxylation is 3. The van der Waals surface area contributed by atoms with E-state index in [2.05, 4.69) is 52.9 Å². The molecule has 4 aromatic rings. The summed E-state index contributed by atoms with van der Waals surface area (Å²) >= 11 is 6.92. The van der Waals surface area contributed by atoms with Crippen molar-refractivity contribution >= 4 is 34.1 Å². The molecule has 3 aliphatic rings. The number of methoxy groups -OCH3 is 1. The lowest BCUT2D eigenvalue weighted by Gasteiger charge is -2.47. The summed E-state index contributed by atoms with van der Waals surface area (Å²) in [4.78, 5) is 15.2. The van der Waals surface area contributed by atoms with Crippen LogP contribution in [0.2, 0.25) is 5.02 Å². The number of anilines is 2. The second-order valence-electron chi connectivity index (χ2n) is 11.1. The van der Waals surface area contributed by atoms with Crippen LogP contribution in [0.4, 0.5) is 11.6 Å². The highest BCUT2D eigenvalue weighted by Gasteiger charge is 2.40. The van der Waals surface area contributed by atoms with E-state index in [1.165, 1.54) is 18.4 Å². The Bertz CT molecular complexity index is 1570. The predicted molar refractivity (Wildman–Crippen MR) is 149 cm³/mol. The first-order chi connectivity index (χ1) is 18.4. The zero-order valence-electron chi connectivity index (χ0n) is 22.5. The van der Waals surface area contributed by atoms with Gasteiger partial charge in [-0.05, 0) is 45.2 Å². The van der Waals surface area contributed by atoms with Crippen LogP contribution in [-0.4, -0.2) is 62.3 Å². The average Bonchev–Trinajstić information content (AvgIpc) is 3.62. The van der Waals surface area contributed by atoms with Crippen LogP contribution in [0, 0.1) is 13.8 Å². The maximum atomic E-state index is 6.92. The maximum absolute atomic E-state index is 6.92. The van der Waals surface area contributed by atoms with Gasteiger partial charge in [-0.25, -0.2) is 9.97 Å². The van der Waals surface area contributed by atoms with Gasteiger partial charge in [-0.2, -0.15) is 10.2 Å². The smallest absolute Gasteiger partial charge is 0.162 e. The minimum Gasteiger partial charge on any atom is -0.377 e. The van der Waals surface area contributed by atoms with E-state index in [-0.39, 0.29) is 12.1 Å². The van der Waals surface area contributed by atoms with Crippen LogP contribution < -0.4 is 9.80 Å². The molecule has 1 aromatic carbocycles. The second-order valence-corrected chi connectivity index (χ2v) is 11.4. The van der Waals surface area contributed by atoms with Crippen molar-refractivity contribution in [1.82, 2.24) is 29.9 Å². The number of halogens is 1. The lowest BCUT2D eigenvalue weighted by atomic mass is 9.96. The molecular weight excluding hydrogens is 500 g/mol. The average molecular weight is 533 g/mol. The molecule has 1 aliphatic carbocycles. The Labute approximate surface area is 227 Å². The van der Waals surface area contributed by atoms with E-state index in [9.17, 15) is 0 Å². The van der Waals surface area contributed by atoms with Gasteiger partial charge in [0.05, 0.1) is 29.1 Å². The number of nitrogens with zero attached hydrogens (tertiary/aromatic N) is 7. The molecule has 5 heterocycles. The van der Waals surface area contributed by atoms with E-state index >= 15 is 0 Å². The van der Waals surface area contributed by atoms with E-state index in [1.807, 2.05) is 11.7 Å². The molecular formula is C28H33ClN8O. The number of rotatable bonds is 5. The zero-order chi connectivity index (χ0) is 26.3. The van der Waals surface area contributed by atoms with Gasteiger partial charge in [-0.3, -0.25) is 9.78 Å². The molecule has 1 saturated carbocycles. The van der Waals surface area contributed by atoms with Gasteiger partial charge in [-0.1, -0.05) is 17.7 Å². The molecule has 1 N–H and O–H groups in total.